The fourth-order valence-corrected chi connectivity index (χ4v) is 3.13. The number of benzene rings is 1. The third-order valence-corrected chi connectivity index (χ3v) is 4.50. The van der Waals surface area contributed by atoms with Crippen LogP contribution in [-0.2, 0) is 4.74 Å². The van der Waals surface area contributed by atoms with Gasteiger partial charge in [-0.05, 0) is 31.2 Å². The van der Waals surface area contributed by atoms with Gasteiger partial charge in [-0.1, -0.05) is 11.6 Å². The number of aliphatic hydroxyl groups excluding tert-OH is 1. The number of hydrogen-bond donors (Lipinski definition) is 2. The van der Waals surface area contributed by atoms with E-state index in [0.29, 0.717) is 9.90 Å². The molecule has 1 atom stereocenters. The van der Waals surface area contributed by atoms with Gasteiger partial charge in [-0.15, -0.1) is 11.3 Å². The number of methoxy groups -OCH3 is 1. The highest BCUT2D eigenvalue weighted by molar-refractivity contribution is 7.12. The Bertz CT molecular complexity index is 720. The van der Waals surface area contributed by atoms with Crippen molar-refractivity contribution in [2.75, 3.05) is 7.11 Å². The zero-order chi connectivity index (χ0) is 16.4. The molecular formula is C15H13ClO5S. The Morgan fingerprint density at radius 2 is 1.86 bits per heavy atom. The van der Waals surface area contributed by atoms with E-state index in [2.05, 4.69) is 4.74 Å². The summed E-state index contributed by atoms with van der Waals surface area (Å²) in [5, 5.41) is 20.8. The van der Waals surface area contributed by atoms with Crippen molar-refractivity contribution in [3.05, 3.63) is 50.2 Å². The number of aromatic hydroxyl groups is 1. The number of thiophene rings is 1. The molecule has 0 fully saturated rings. The van der Waals surface area contributed by atoms with Crippen LogP contribution in [0.1, 0.15) is 36.6 Å². The summed E-state index contributed by atoms with van der Waals surface area (Å²) >= 11 is 6.72. The average Bonchev–Trinajstić information content (AvgIpc) is 2.80. The zero-order valence-corrected chi connectivity index (χ0v) is 13.4. The standard InChI is InChI=1S/C15H13ClO5S/c1-7-10(15(20)21-2)12(18)14(22-7)13(19)11(17)8-3-5-9(16)6-4-8/h3-6,13,18-19H,1-2H3/t13-/m1/s1. The number of halogens is 1. The lowest BCUT2D eigenvalue weighted by atomic mass is 10.0. The summed E-state index contributed by atoms with van der Waals surface area (Å²) in [5.41, 5.74) is 0.215. The van der Waals surface area contributed by atoms with Gasteiger partial charge in [0.1, 0.15) is 11.3 Å². The van der Waals surface area contributed by atoms with Crippen molar-refractivity contribution in [2.24, 2.45) is 0 Å². The van der Waals surface area contributed by atoms with E-state index < -0.39 is 23.6 Å². The van der Waals surface area contributed by atoms with Crippen LogP contribution < -0.4 is 0 Å². The Balaban J connectivity index is 2.37. The molecule has 0 amide bonds. The molecule has 0 spiro atoms. The molecule has 1 aromatic carbocycles. The number of ether oxygens (including phenoxy) is 1. The Labute approximate surface area is 135 Å². The summed E-state index contributed by atoms with van der Waals surface area (Å²) in [6.45, 7) is 1.60. The normalized spacial score (nSPS) is 12.0. The molecule has 22 heavy (non-hydrogen) atoms. The minimum Gasteiger partial charge on any atom is -0.506 e. The van der Waals surface area contributed by atoms with Crippen LogP contribution in [0, 0.1) is 6.92 Å². The maximum atomic E-state index is 12.3. The monoisotopic (exact) mass is 340 g/mol. The predicted octanol–water partition coefficient (Wildman–Crippen LogP) is 3.12. The second kappa shape index (κ2) is 6.48. The van der Waals surface area contributed by atoms with Gasteiger partial charge in [0.25, 0.3) is 0 Å². The molecule has 7 heteroatoms. The molecule has 0 aliphatic carbocycles. The first kappa shape index (κ1) is 16.5. The van der Waals surface area contributed by atoms with Crippen LogP contribution in [0.15, 0.2) is 24.3 Å². The Kier molecular flexibility index (Phi) is 4.85. The number of rotatable bonds is 4. The van der Waals surface area contributed by atoms with Gasteiger partial charge in [-0.2, -0.15) is 0 Å². The van der Waals surface area contributed by atoms with Gasteiger partial charge >= 0.3 is 5.97 Å². The first-order valence-corrected chi connectivity index (χ1v) is 7.44. The third kappa shape index (κ3) is 2.99. The quantitative estimate of drug-likeness (QED) is 0.660. The van der Waals surface area contributed by atoms with E-state index in [-0.39, 0.29) is 16.0 Å². The van der Waals surface area contributed by atoms with Gasteiger partial charge in [0.15, 0.2) is 11.9 Å². The highest BCUT2D eigenvalue weighted by Gasteiger charge is 2.29. The van der Waals surface area contributed by atoms with Gasteiger partial charge in [0.2, 0.25) is 0 Å². The van der Waals surface area contributed by atoms with Crippen LogP contribution in [0.3, 0.4) is 0 Å². The van der Waals surface area contributed by atoms with Crippen molar-refractivity contribution in [3.63, 3.8) is 0 Å². The van der Waals surface area contributed by atoms with Crippen LogP contribution in [0.4, 0.5) is 0 Å². The highest BCUT2D eigenvalue weighted by Crippen LogP contribution is 2.39. The van der Waals surface area contributed by atoms with Gasteiger partial charge in [0.05, 0.1) is 12.0 Å². The third-order valence-electron chi connectivity index (χ3n) is 3.10. The van der Waals surface area contributed by atoms with Crippen LogP contribution >= 0.6 is 22.9 Å². The number of esters is 1. The molecule has 2 N–H and O–H groups in total. The van der Waals surface area contributed by atoms with Crippen molar-refractivity contribution in [1.29, 1.82) is 0 Å². The number of aryl methyl sites for hydroxylation is 1. The summed E-state index contributed by atoms with van der Waals surface area (Å²) in [4.78, 5) is 24.3. The lowest BCUT2D eigenvalue weighted by molar-refractivity contribution is 0.0595. The lowest BCUT2D eigenvalue weighted by Gasteiger charge is -2.08. The van der Waals surface area contributed by atoms with Crippen molar-refractivity contribution < 1.29 is 24.5 Å². The van der Waals surface area contributed by atoms with E-state index in [9.17, 15) is 19.8 Å². The number of ketones is 1. The largest absolute Gasteiger partial charge is 0.506 e. The highest BCUT2D eigenvalue weighted by atomic mass is 35.5. The Hall–Kier alpha value is -1.89. The fourth-order valence-electron chi connectivity index (χ4n) is 1.97. The Morgan fingerprint density at radius 1 is 1.27 bits per heavy atom. The van der Waals surface area contributed by atoms with Crippen molar-refractivity contribution in [1.82, 2.24) is 0 Å². The molecule has 0 saturated carbocycles. The molecule has 1 aromatic heterocycles. The molecule has 0 saturated heterocycles. The summed E-state index contributed by atoms with van der Waals surface area (Å²) in [5.74, 6) is -1.74. The molecule has 2 rings (SSSR count). The molecule has 0 bridgehead atoms. The molecule has 2 aromatic rings. The maximum absolute atomic E-state index is 12.3. The Morgan fingerprint density at radius 3 is 2.41 bits per heavy atom. The smallest absolute Gasteiger partial charge is 0.342 e. The molecule has 0 aliphatic rings. The molecular weight excluding hydrogens is 328 g/mol. The van der Waals surface area contributed by atoms with Crippen LogP contribution in [0.25, 0.3) is 0 Å². The van der Waals surface area contributed by atoms with Gasteiger partial charge in [0, 0.05) is 15.5 Å². The minimum absolute atomic E-state index is 0.0119. The van der Waals surface area contributed by atoms with Crippen molar-refractivity contribution in [3.8, 4) is 5.75 Å². The first-order chi connectivity index (χ1) is 10.4. The molecule has 0 unspecified atom stereocenters. The second-order valence-corrected chi connectivity index (χ2v) is 6.20. The molecule has 1 heterocycles. The minimum atomic E-state index is -1.57. The lowest BCUT2D eigenvalue weighted by Crippen LogP contribution is -2.11. The fraction of sp³-hybridized carbons (Fsp3) is 0.200. The van der Waals surface area contributed by atoms with Crippen LogP contribution in [-0.4, -0.2) is 29.1 Å². The zero-order valence-electron chi connectivity index (χ0n) is 11.8. The van der Waals surface area contributed by atoms with E-state index in [1.165, 1.54) is 31.4 Å². The number of carbonyl (C=O) groups excluding carboxylic acids is 2. The van der Waals surface area contributed by atoms with Gasteiger partial charge in [-0.25, -0.2) is 4.79 Å². The number of hydrogen-bond acceptors (Lipinski definition) is 6. The SMILES string of the molecule is COC(=O)c1c(C)sc([C@H](O)C(=O)c2ccc(Cl)cc2)c1O. The summed E-state index contributed by atoms with van der Waals surface area (Å²) < 4.78 is 4.58. The van der Waals surface area contributed by atoms with Gasteiger partial charge in [-0.3, -0.25) is 4.79 Å². The molecule has 0 aliphatic heterocycles. The summed E-state index contributed by atoms with van der Waals surface area (Å²) in [6, 6.07) is 6.01. The molecule has 0 radical (unpaired) electrons. The average molecular weight is 341 g/mol. The number of Topliss-reactive ketones (excluding diaryl/α,β-unsaturated/α-hetero) is 1. The summed E-state index contributed by atoms with van der Waals surface area (Å²) in [7, 11) is 1.19. The van der Waals surface area contributed by atoms with Gasteiger partial charge < -0.3 is 14.9 Å². The summed E-state index contributed by atoms with van der Waals surface area (Å²) in [6.07, 6.45) is -1.57. The van der Waals surface area contributed by atoms with E-state index >= 15 is 0 Å². The number of carbonyl (C=O) groups is 2. The number of aliphatic hydroxyl groups is 1. The molecule has 5 nitrogen and oxygen atoms in total. The van der Waals surface area contributed by atoms with E-state index in [0.717, 1.165) is 11.3 Å². The first-order valence-electron chi connectivity index (χ1n) is 6.25. The topological polar surface area (TPSA) is 83.8 Å². The van der Waals surface area contributed by atoms with Crippen molar-refractivity contribution >= 4 is 34.7 Å². The maximum Gasteiger partial charge on any atom is 0.342 e. The predicted molar refractivity (Wildman–Crippen MR) is 82.8 cm³/mol. The van der Waals surface area contributed by atoms with Crippen molar-refractivity contribution in [2.45, 2.75) is 13.0 Å². The molecule has 116 valence electrons. The van der Waals surface area contributed by atoms with E-state index in [1.807, 2.05) is 0 Å². The van der Waals surface area contributed by atoms with E-state index in [1.54, 1.807) is 6.92 Å². The van der Waals surface area contributed by atoms with E-state index in [4.69, 9.17) is 11.6 Å². The van der Waals surface area contributed by atoms with Crippen LogP contribution in [0.2, 0.25) is 5.02 Å². The van der Waals surface area contributed by atoms with Crippen LogP contribution in [0.5, 0.6) is 5.75 Å². The second-order valence-electron chi connectivity index (χ2n) is 4.51.